The first-order valence-electron chi connectivity index (χ1n) is 18.5. The van der Waals surface area contributed by atoms with Crippen LogP contribution in [0.1, 0.15) is 121 Å². The van der Waals surface area contributed by atoms with Crippen molar-refractivity contribution in [2.24, 2.45) is 50.2 Å². The molecule has 8 nitrogen and oxygen atoms in total. The standard InChI is InChI=1S/C40H62O8/c1-12-22(2)32(44)46-31-30(47-33(45)39(11)23(3)48-39)34(4,5)19-25-24-13-14-27-36(8)17-16-28(42)35(6,7)26(36)15-18-37(27,9)38(24,10)20-29(43)40(25,31)21-41/h12-13,23,25-31,41-43H,14-21H2,1-11H3. The van der Waals surface area contributed by atoms with Gasteiger partial charge in [-0.1, -0.05) is 66.2 Å². The van der Waals surface area contributed by atoms with Crippen molar-refractivity contribution in [1.29, 1.82) is 0 Å². The molecule has 6 rings (SSSR count). The fourth-order valence-corrected chi connectivity index (χ4v) is 12.3. The zero-order chi connectivity index (χ0) is 35.6. The average Bonchev–Trinajstić information content (AvgIpc) is 3.63. The second kappa shape index (κ2) is 11.1. The summed E-state index contributed by atoms with van der Waals surface area (Å²) in [5, 5.41) is 35.2. The lowest BCUT2D eigenvalue weighted by Gasteiger charge is -2.72. The van der Waals surface area contributed by atoms with Gasteiger partial charge in [0.15, 0.2) is 11.7 Å². The number of esters is 2. The number of epoxide rings is 1. The van der Waals surface area contributed by atoms with Gasteiger partial charge in [-0.2, -0.15) is 0 Å². The summed E-state index contributed by atoms with van der Waals surface area (Å²) in [5.41, 5.74) is -1.98. The average molecular weight is 671 g/mol. The number of carbonyl (C=O) groups is 2. The Hall–Kier alpha value is -1.74. The van der Waals surface area contributed by atoms with Crippen molar-refractivity contribution in [3.05, 3.63) is 23.3 Å². The second-order valence-electron chi connectivity index (χ2n) is 18.9. The van der Waals surface area contributed by atoms with Gasteiger partial charge < -0.3 is 29.5 Å². The van der Waals surface area contributed by atoms with Gasteiger partial charge in [0.2, 0.25) is 0 Å². The molecular weight excluding hydrogens is 608 g/mol. The molecule has 0 aromatic carbocycles. The molecule has 0 spiro atoms. The molecule has 4 saturated carbocycles. The van der Waals surface area contributed by atoms with E-state index in [1.165, 1.54) is 5.57 Å². The van der Waals surface area contributed by atoms with Crippen LogP contribution in [0.15, 0.2) is 23.3 Å². The Labute approximate surface area is 288 Å². The van der Waals surface area contributed by atoms with Gasteiger partial charge in [0.25, 0.3) is 0 Å². The summed E-state index contributed by atoms with van der Waals surface area (Å²) < 4.78 is 18.3. The molecule has 6 aliphatic rings. The van der Waals surface area contributed by atoms with E-state index in [1.54, 1.807) is 26.8 Å². The van der Waals surface area contributed by atoms with Gasteiger partial charge in [0, 0.05) is 11.0 Å². The van der Waals surface area contributed by atoms with Crippen LogP contribution in [-0.4, -0.2) is 70.0 Å². The minimum Gasteiger partial charge on any atom is -0.456 e. The summed E-state index contributed by atoms with van der Waals surface area (Å²) >= 11 is 0. The van der Waals surface area contributed by atoms with Gasteiger partial charge in [-0.25, -0.2) is 9.59 Å². The van der Waals surface area contributed by atoms with Gasteiger partial charge in [0.05, 0.1) is 30.3 Å². The first kappa shape index (κ1) is 36.1. The van der Waals surface area contributed by atoms with Crippen molar-refractivity contribution in [2.75, 3.05) is 6.61 Å². The van der Waals surface area contributed by atoms with E-state index in [0.29, 0.717) is 30.3 Å². The third-order valence-corrected chi connectivity index (χ3v) is 16.1. The summed E-state index contributed by atoms with van der Waals surface area (Å²) in [6.07, 6.45) is 6.14. The quantitative estimate of drug-likeness (QED) is 0.135. The lowest BCUT2D eigenvalue weighted by molar-refractivity contribution is -0.266. The molecule has 1 saturated heterocycles. The van der Waals surface area contributed by atoms with E-state index in [0.717, 1.165) is 32.1 Å². The van der Waals surface area contributed by atoms with E-state index < -0.39 is 53.3 Å². The number of allylic oxidation sites excluding steroid dienone is 3. The van der Waals surface area contributed by atoms with Crippen molar-refractivity contribution in [2.45, 2.75) is 157 Å². The summed E-state index contributed by atoms with van der Waals surface area (Å²) in [4.78, 5) is 27.2. The first-order valence-corrected chi connectivity index (χ1v) is 18.5. The van der Waals surface area contributed by atoms with Gasteiger partial charge in [-0.15, -0.1) is 0 Å². The Kier molecular flexibility index (Phi) is 8.36. The number of fused-ring (bicyclic) bond motifs is 7. The molecule has 3 N–H and O–H groups in total. The highest BCUT2D eigenvalue weighted by molar-refractivity contribution is 5.88. The van der Waals surface area contributed by atoms with Gasteiger partial charge >= 0.3 is 11.9 Å². The largest absolute Gasteiger partial charge is 0.456 e. The molecule has 270 valence electrons. The number of hydrogen-bond acceptors (Lipinski definition) is 8. The Morgan fingerprint density at radius 1 is 0.938 bits per heavy atom. The molecule has 5 fully saturated rings. The summed E-state index contributed by atoms with van der Waals surface area (Å²) in [7, 11) is 0. The summed E-state index contributed by atoms with van der Waals surface area (Å²) in [6, 6.07) is 0. The maximum absolute atomic E-state index is 13.6. The third kappa shape index (κ3) is 4.60. The van der Waals surface area contributed by atoms with Crippen molar-refractivity contribution >= 4 is 11.9 Å². The highest BCUT2D eigenvalue weighted by Gasteiger charge is 2.74. The van der Waals surface area contributed by atoms with Crippen LogP contribution in [0.5, 0.6) is 0 Å². The minimum absolute atomic E-state index is 0.0442. The molecule has 8 heteroatoms. The van der Waals surface area contributed by atoms with Crippen LogP contribution in [0, 0.1) is 50.2 Å². The number of ether oxygens (including phenoxy) is 3. The Morgan fingerprint density at radius 3 is 2.17 bits per heavy atom. The number of aliphatic hydroxyl groups excluding tert-OH is 3. The van der Waals surface area contributed by atoms with Crippen LogP contribution in [0.4, 0.5) is 0 Å². The number of hydrogen-bond donors (Lipinski definition) is 3. The van der Waals surface area contributed by atoms with Crippen LogP contribution < -0.4 is 0 Å². The molecule has 1 aliphatic heterocycles. The molecule has 48 heavy (non-hydrogen) atoms. The zero-order valence-electron chi connectivity index (χ0n) is 31.3. The van der Waals surface area contributed by atoms with Crippen molar-refractivity contribution in [3.8, 4) is 0 Å². The van der Waals surface area contributed by atoms with E-state index >= 15 is 0 Å². The normalized spacial score (nSPS) is 50.5. The van der Waals surface area contributed by atoms with Crippen molar-refractivity contribution < 1.29 is 39.1 Å². The van der Waals surface area contributed by atoms with Crippen LogP contribution >= 0.6 is 0 Å². The van der Waals surface area contributed by atoms with E-state index in [4.69, 9.17) is 14.2 Å². The summed E-state index contributed by atoms with van der Waals surface area (Å²) in [5.74, 6) is -0.594. The maximum atomic E-state index is 13.6. The third-order valence-electron chi connectivity index (χ3n) is 16.1. The molecule has 0 aromatic heterocycles. The van der Waals surface area contributed by atoms with Crippen LogP contribution in [0.25, 0.3) is 0 Å². The predicted molar refractivity (Wildman–Crippen MR) is 182 cm³/mol. The number of carbonyl (C=O) groups excluding carboxylic acids is 2. The van der Waals surface area contributed by atoms with E-state index in [2.05, 4.69) is 40.7 Å². The van der Waals surface area contributed by atoms with E-state index in [9.17, 15) is 24.9 Å². The first-order chi connectivity index (χ1) is 22.1. The fraction of sp³-hybridized carbons (Fsp3) is 0.850. The molecule has 0 aromatic rings. The maximum Gasteiger partial charge on any atom is 0.341 e. The van der Waals surface area contributed by atoms with Crippen LogP contribution in [0.3, 0.4) is 0 Å². The molecular formula is C40H62O8. The lowest BCUT2D eigenvalue weighted by atomic mass is 9.33. The predicted octanol–water partition coefficient (Wildman–Crippen LogP) is 6.30. The molecule has 13 atom stereocenters. The molecule has 5 aliphatic carbocycles. The SMILES string of the molecule is CC=C(C)C(=O)OC1C(OC(=O)C2(C)OC2C)C(C)(C)CC2C3=CCC4C5(C)CCC(O)C(C)(C)C5CCC4(C)C3(C)CC(O)C21CO. The fourth-order valence-electron chi connectivity index (χ4n) is 12.3. The van der Waals surface area contributed by atoms with Crippen LogP contribution in [-0.2, 0) is 23.8 Å². The van der Waals surface area contributed by atoms with Crippen molar-refractivity contribution in [3.63, 3.8) is 0 Å². The molecule has 0 bridgehead atoms. The summed E-state index contributed by atoms with van der Waals surface area (Å²) in [6.45, 7) is 22.4. The molecule has 13 unspecified atom stereocenters. The lowest BCUT2D eigenvalue weighted by Crippen LogP contribution is -2.72. The van der Waals surface area contributed by atoms with Gasteiger partial charge in [0.1, 0.15) is 6.10 Å². The van der Waals surface area contributed by atoms with E-state index in [1.807, 2.05) is 20.8 Å². The highest BCUT2D eigenvalue weighted by Crippen LogP contribution is 2.76. The Bertz CT molecular complexity index is 1410. The Morgan fingerprint density at radius 2 is 1.58 bits per heavy atom. The molecule has 0 amide bonds. The minimum atomic E-state index is -1.27. The monoisotopic (exact) mass is 670 g/mol. The van der Waals surface area contributed by atoms with E-state index in [-0.39, 0.29) is 39.8 Å². The second-order valence-corrected chi connectivity index (χ2v) is 18.9. The smallest absolute Gasteiger partial charge is 0.341 e. The zero-order valence-corrected chi connectivity index (χ0v) is 31.3. The Balaban J connectivity index is 1.46. The van der Waals surface area contributed by atoms with Crippen LogP contribution in [0.2, 0.25) is 0 Å². The molecule has 1 heterocycles. The van der Waals surface area contributed by atoms with Gasteiger partial charge in [-0.3, -0.25) is 0 Å². The van der Waals surface area contributed by atoms with Gasteiger partial charge in [-0.05, 0) is 112 Å². The number of aliphatic hydroxyl groups is 3. The topological polar surface area (TPSA) is 126 Å². The van der Waals surface area contributed by atoms with Crippen molar-refractivity contribution in [1.82, 2.24) is 0 Å². The highest BCUT2D eigenvalue weighted by atomic mass is 16.7. The molecule has 0 radical (unpaired) electrons. The number of rotatable bonds is 5.